The second-order valence-corrected chi connectivity index (χ2v) is 6.84. The largest absolute Gasteiger partial charge is 0.369 e. The SMILES string of the molecule is CC1(C)CCC(OC(CBr)c2ccc(F)cc2)CC1. The molecule has 1 nitrogen and oxygen atoms in total. The van der Waals surface area contributed by atoms with Crippen LogP contribution < -0.4 is 0 Å². The summed E-state index contributed by atoms with van der Waals surface area (Å²) in [5.41, 5.74) is 1.50. The molecule has 1 aliphatic carbocycles. The summed E-state index contributed by atoms with van der Waals surface area (Å²) in [6.45, 7) is 4.65. The number of ether oxygens (including phenoxy) is 1. The minimum atomic E-state index is -0.198. The first kappa shape index (κ1) is 15.0. The average molecular weight is 329 g/mol. The Kier molecular flexibility index (Phi) is 5.02. The molecule has 1 aromatic rings. The van der Waals surface area contributed by atoms with E-state index in [4.69, 9.17) is 4.74 Å². The molecule has 1 unspecified atom stereocenters. The van der Waals surface area contributed by atoms with Gasteiger partial charge < -0.3 is 4.74 Å². The Morgan fingerprint density at radius 1 is 1.26 bits per heavy atom. The van der Waals surface area contributed by atoms with E-state index in [1.165, 1.54) is 25.0 Å². The quantitative estimate of drug-likeness (QED) is 0.686. The molecular weight excluding hydrogens is 307 g/mol. The monoisotopic (exact) mass is 328 g/mol. The molecule has 2 rings (SSSR count). The fourth-order valence-corrected chi connectivity index (χ4v) is 3.15. The molecular formula is C16H22BrFO. The molecule has 0 N–H and O–H groups in total. The highest BCUT2D eigenvalue weighted by Crippen LogP contribution is 2.38. The van der Waals surface area contributed by atoms with Crippen molar-refractivity contribution < 1.29 is 9.13 Å². The summed E-state index contributed by atoms with van der Waals surface area (Å²) in [6, 6.07) is 6.62. The summed E-state index contributed by atoms with van der Waals surface area (Å²) >= 11 is 3.50. The van der Waals surface area contributed by atoms with Gasteiger partial charge in [0.1, 0.15) is 5.82 Å². The molecule has 106 valence electrons. The minimum Gasteiger partial charge on any atom is -0.369 e. The molecule has 0 heterocycles. The third-order valence-electron chi connectivity index (χ3n) is 4.02. The molecule has 1 aliphatic rings. The van der Waals surface area contributed by atoms with E-state index in [2.05, 4.69) is 29.8 Å². The first-order chi connectivity index (χ1) is 9.00. The van der Waals surface area contributed by atoms with Crippen LogP contribution in [0.15, 0.2) is 24.3 Å². The van der Waals surface area contributed by atoms with E-state index in [1.54, 1.807) is 0 Å². The third-order valence-corrected chi connectivity index (χ3v) is 4.61. The highest BCUT2D eigenvalue weighted by atomic mass is 79.9. The maximum atomic E-state index is 12.9. The highest BCUT2D eigenvalue weighted by molar-refractivity contribution is 9.09. The van der Waals surface area contributed by atoms with Crippen LogP contribution in [0.4, 0.5) is 4.39 Å². The summed E-state index contributed by atoms with van der Waals surface area (Å²) in [7, 11) is 0. The Morgan fingerprint density at radius 3 is 2.37 bits per heavy atom. The lowest BCUT2D eigenvalue weighted by Crippen LogP contribution is -2.28. The van der Waals surface area contributed by atoms with Gasteiger partial charge >= 0.3 is 0 Å². The van der Waals surface area contributed by atoms with Gasteiger partial charge in [-0.3, -0.25) is 0 Å². The standard InChI is InChI=1S/C16H22BrFO/c1-16(2)9-7-14(8-10-16)19-15(11-17)12-3-5-13(18)6-4-12/h3-6,14-15H,7-11H2,1-2H3. The molecule has 1 atom stereocenters. The molecule has 1 saturated carbocycles. The van der Waals surface area contributed by atoms with Crippen LogP contribution in [-0.4, -0.2) is 11.4 Å². The topological polar surface area (TPSA) is 9.23 Å². The van der Waals surface area contributed by atoms with Crippen LogP contribution in [0.1, 0.15) is 51.2 Å². The summed E-state index contributed by atoms with van der Waals surface area (Å²) in [6.07, 6.45) is 5.04. The van der Waals surface area contributed by atoms with Crippen LogP contribution in [0.5, 0.6) is 0 Å². The van der Waals surface area contributed by atoms with Crippen LogP contribution in [0, 0.1) is 11.2 Å². The number of rotatable bonds is 4. The molecule has 1 aromatic carbocycles. The average Bonchev–Trinajstić information content (AvgIpc) is 2.39. The van der Waals surface area contributed by atoms with Crippen LogP contribution in [0.3, 0.4) is 0 Å². The molecule has 1 fully saturated rings. The lowest BCUT2D eigenvalue weighted by Gasteiger charge is -2.35. The van der Waals surface area contributed by atoms with Crippen molar-refractivity contribution >= 4 is 15.9 Å². The number of alkyl halides is 1. The van der Waals surface area contributed by atoms with Gasteiger partial charge in [-0.1, -0.05) is 41.9 Å². The zero-order chi connectivity index (χ0) is 13.9. The first-order valence-electron chi connectivity index (χ1n) is 6.97. The van der Waals surface area contributed by atoms with E-state index in [1.807, 2.05) is 12.1 Å². The van der Waals surface area contributed by atoms with Gasteiger partial charge in [-0.25, -0.2) is 4.39 Å². The lowest BCUT2D eigenvalue weighted by atomic mass is 9.76. The maximum absolute atomic E-state index is 12.9. The second kappa shape index (κ2) is 6.36. The summed E-state index contributed by atoms with van der Waals surface area (Å²) in [4.78, 5) is 0. The minimum absolute atomic E-state index is 0.0202. The Balaban J connectivity index is 1.94. The smallest absolute Gasteiger partial charge is 0.123 e. The Bertz CT molecular complexity index is 392. The Labute approximate surface area is 123 Å². The summed E-state index contributed by atoms with van der Waals surface area (Å²) in [5, 5.41) is 0.749. The Morgan fingerprint density at radius 2 is 1.84 bits per heavy atom. The van der Waals surface area contributed by atoms with Gasteiger partial charge in [0.05, 0.1) is 12.2 Å². The molecule has 3 heteroatoms. The first-order valence-corrected chi connectivity index (χ1v) is 8.09. The Hall–Kier alpha value is -0.410. The third kappa shape index (κ3) is 4.28. The van der Waals surface area contributed by atoms with E-state index in [9.17, 15) is 4.39 Å². The van der Waals surface area contributed by atoms with E-state index in [0.29, 0.717) is 11.5 Å². The fraction of sp³-hybridized carbons (Fsp3) is 0.625. The fourth-order valence-electron chi connectivity index (χ4n) is 2.62. The van der Waals surface area contributed by atoms with Gasteiger partial charge in [-0.2, -0.15) is 0 Å². The van der Waals surface area contributed by atoms with Crippen molar-refractivity contribution in [1.82, 2.24) is 0 Å². The number of benzene rings is 1. The van der Waals surface area contributed by atoms with Crippen molar-refractivity contribution in [3.8, 4) is 0 Å². The van der Waals surface area contributed by atoms with Gasteiger partial charge in [-0.15, -0.1) is 0 Å². The van der Waals surface area contributed by atoms with Crippen LogP contribution in [0.2, 0.25) is 0 Å². The highest BCUT2D eigenvalue weighted by Gasteiger charge is 2.28. The zero-order valence-corrected chi connectivity index (χ0v) is 13.2. The van der Waals surface area contributed by atoms with Crippen molar-refractivity contribution in [2.45, 2.75) is 51.7 Å². The molecule has 0 amide bonds. The molecule has 0 aliphatic heterocycles. The van der Waals surface area contributed by atoms with Crippen molar-refractivity contribution in [3.63, 3.8) is 0 Å². The van der Waals surface area contributed by atoms with E-state index in [-0.39, 0.29) is 11.9 Å². The molecule has 0 saturated heterocycles. The van der Waals surface area contributed by atoms with Crippen LogP contribution in [0.25, 0.3) is 0 Å². The van der Waals surface area contributed by atoms with Crippen molar-refractivity contribution in [3.05, 3.63) is 35.6 Å². The number of hydrogen-bond acceptors (Lipinski definition) is 1. The number of halogens is 2. The number of hydrogen-bond donors (Lipinski definition) is 0. The van der Waals surface area contributed by atoms with Gasteiger partial charge in [-0.05, 0) is 48.8 Å². The molecule has 0 radical (unpaired) electrons. The maximum Gasteiger partial charge on any atom is 0.123 e. The van der Waals surface area contributed by atoms with Crippen LogP contribution in [-0.2, 0) is 4.74 Å². The molecule has 19 heavy (non-hydrogen) atoms. The van der Waals surface area contributed by atoms with E-state index >= 15 is 0 Å². The second-order valence-electron chi connectivity index (χ2n) is 6.19. The molecule has 0 bridgehead atoms. The van der Waals surface area contributed by atoms with Gasteiger partial charge in [0.2, 0.25) is 0 Å². The predicted octanol–water partition coefficient (Wildman–Crippen LogP) is 5.25. The van der Waals surface area contributed by atoms with E-state index < -0.39 is 0 Å². The lowest BCUT2D eigenvalue weighted by molar-refractivity contribution is -0.0364. The van der Waals surface area contributed by atoms with E-state index in [0.717, 1.165) is 23.7 Å². The predicted molar refractivity (Wildman–Crippen MR) is 80.1 cm³/mol. The molecule has 0 spiro atoms. The zero-order valence-electron chi connectivity index (χ0n) is 11.7. The normalized spacial score (nSPS) is 21.3. The van der Waals surface area contributed by atoms with Crippen molar-refractivity contribution in [1.29, 1.82) is 0 Å². The van der Waals surface area contributed by atoms with Gasteiger partial charge in [0.15, 0.2) is 0 Å². The molecule has 0 aromatic heterocycles. The summed E-state index contributed by atoms with van der Waals surface area (Å²) < 4.78 is 19.1. The van der Waals surface area contributed by atoms with Gasteiger partial charge in [0, 0.05) is 5.33 Å². The van der Waals surface area contributed by atoms with Crippen molar-refractivity contribution in [2.75, 3.05) is 5.33 Å². The van der Waals surface area contributed by atoms with Gasteiger partial charge in [0.25, 0.3) is 0 Å². The summed E-state index contributed by atoms with van der Waals surface area (Å²) in [5.74, 6) is -0.198. The van der Waals surface area contributed by atoms with Crippen LogP contribution >= 0.6 is 15.9 Å². The van der Waals surface area contributed by atoms with Crippen molar-refractivity contribution in [2.24, 2.45) is 5.41 Å².